The van der Waals surface area contributed by atoms with Gasteiger partial charge >= 0.3 is 5.97 Å². The highest BCUT2D eigenvalue weighted by atomic mass is 79.9. The van der Waals surface area contributed by atoms with Gasteiger partial charge in [0, 0.05) is 23.6 Å². The average Bonchev–Trinajstić information content (AvgIpc) is 2.46. The summed E-state index contributed by atoms with van der Waals surface area (Å²) >= 11 is 3.26. The number of nitrogens with zero attached hydrogens (tertiary/aromatic N) is 1. The average molecular weight is 378 g/mol. The molecule has 0 unspecified atom stereocenters. The molecule has 0 saturated carbocycles. The molecule has 21 heavy (non-hydrogen) atoms. The molecular formula is C13H16BrNO5S. The van der Waals surface area contributed by atoms with Crippen LogP contribution in [-0.2, 0) is 14.8 Å². The summed E-state index contributed by atoms with van der Waals surface area (Å²) < 4.78 is 32.2. The number of carboxylic acids is 1. The number of aliphatic carboxylic acids is 1. The third-order valence-corrected chi connectivity index (χ3v) is 5.86. The first-order chi connectivity index (χ1) is 9.84. The van der Waals surface area contributed by atoms with Gasteiger partial charge in [0.05, 0.1) is 17.9 Å². The van der Waals surface area contributed by atoms with Crippen LogP contribution in [0.3, 0.4) is 0 Å². The van der Waals surface area contributed by atoms with Crippen molar-refractivity contribution >= 4 is 31.9 Å². The minimum atomic E-state index is -3.64. The Labute approximate surface area is 131 Å². The summed E-state index contributed by atoms with van der Waals surface area (Å²) in [6.45, 7) is 0.433. The molecular weight excluding hydrogens is 362 g/mol. The molecule has 1 heterocycles. The van der Waals surface area contributed by atoms with E-state index in [0.29, 0.717) is 23.1 Å². The third kappa shape index (κ3) is 3.56. The lowest BCUT2D eigenvalue weighted by atomic mass is 9.99. The van der Waals surface area contributed by atoms with Crippen molar-refractivity contribution in [2.45, 2.75) is 17.7 Å². The molecule has 0 atom stereocenters. The molecule has 1 fully saturated rings. The number of ether oxygens (including phenoxy) is 1. The summed E-state index contributed by atoms with van der Waals surface area (Å²) in [6.07, 6.45) is 0.666. The Morgan fingerprint density at radius 1 is 1.33 bits per heavy atom. The lowest BCUT2D eigenvalue weighted by molar-refractivity contribution is -0.142. The molecule has 0 aromatic heterocycles. The van der Waals surface area contributed by atoms with Gasteiger partial charge < -0.3 is 9.84 Å². The molecule has 1 aliphatic heterocycles. The maximum atomic E-state index is 12.6. The summed E-state index contributed by atoms with van der Waals surface area (Å²) in [5.74, 6) is -0.881. The Hall–Kier alpha value is -1.12. The highest BCUT2D eigenvalue weighted by molar-refractivity contribution is 9.10. The zero-order valence-corrected chi connectivity index (χ0v) is 13.9. The molecule has 1 saturated heterocycles. The normalized spacial score (nSPS) is 17.6. The number of piperidine rings is 1. The Morgan fingerprint density at radius 2 is 1.95 bits per heavy atom. The van der Waals surface area contributed by atoms with Gasteiger partial charge in [-0.2, -0.15) is 4.31 Å². The van der Waals surface area contributed by atoms with Crippen LogP contribution in [0.25, 0.3) is 0 Å². The van der Waals surface area contributed by atoms with E-state index >= 15 is 0 Å². The zero-order chi connectivity index (χ0) is 15.6. The topological polar surface area (TPSA) is 83.9 Å². The molecule has 0 bridgehead atoms. The van der Waals surface area contributed by atoms with Gasteiger partial charge in [-0.25, -0.2) is 8.42 Å². The number of methoxy groups -OCH3 is 1. The van der Waals surface area contributed by atoms with Crippen LogP contribution >= 0.6 is 15.9 Å². The zero-order valence-electron chi connectivity index (χ0n) is 11.5. The standard InChI is InChI=1S/C13H16BrNO5S/c1-20-11-6-10(14)7-12(8-11)21(18,19)15-4-2-9(3-5-15)13(16)17/h6-9H,2-5H2,1H3,(H,16,17). The predicted octanol–water partition coefficient (Wildman–Crippen LogP) is 1.94. The Bertz CT molecular complexity index is 638. The highest BCUT2D eigenvalue weighted by Crippen LogP contribution is 2.28. The molecule has 1 aliphatic rings. The molecule has 0 amide bonds. The van der Waals surface area contributed by atoms with E-state index in [1.807, 2.05) is 0 Å². The maximum absolute atomic E-state index is 12.6. The van der Waals surface area contributed by atoms with Crippen LogP contribution in [0.15, 0.2) is 27.6 Å². The number of rotatable bonds is 4. The van der Waals surface area contributed by atoms with Crippen LogP contribution in [0.5, 0.6) is 5.75 Å². The molecule has 2 rings (SSSR count). The van der Waals surface area contributed by atoms with E-state index in [0.717, 1.165) is 0 Å². The first-order valence-corrected chi connectivity index (χ1v) is 8.65. The first kappa shape index (κ1) is 16.3. The van der Waals surface area contributed by atoms with Crippen LogP contribution in [0.4, 0.5) is 0 Å². The van der Waals surface area contributed by atoms with Crippen molar-refractivity contribution in [1.29, 1.82) is 0 Å². The number of sulfonamides is 1. The minimum absolute atomic E-state index is 0.141. The van der Waals surface area contributed by atoms with Crippen molar-refractivity contribution in [3.05, 3.63) is 22.7 Å². The largest absolute Gasteiger partial charge is 0.497 e. The Morgan fingerprint density at radius 3 is 2.48 bits per heavy atom. The smallest absolute Gasteiger partial charge is 0.306 e. The van der Waals surface area contributed by atoms with E-state index in [1.165, 1.54) is 23.5 Å². The second-order valence-electron chi connectivity index (χ2n) is 4.84. The lowest BCUT2D eigenvalue weighted by Gasteiger charge is -2.29. The number of hydrogen-bond donors (Lipinski definition) is 1. The van der Waals surface area contributed by atoms with Gasteiger partial charge in [-0.3, -0.25) is 4.79 Å². The molecule has 6 nitrogen and oxygen atoms in total. The quantitative estimate of drug-likeness (QED) is 0.866. The SMILES string of the molecule is COc1cc(Br)cc(S(=O)(=O)N2CCC(C(=O)O)CC2)c1. The van der Waals surface area contributed by atoms with Crippen LogP contribution < -0.4 is 4.74 Å². The van der Waals surface area contributed by atoms with E-state index in [4.69, 9.17) is 9.84 Å². The van der Waals surface area contributed by atoms with E-state index < -0.39 is 21.9 Å². The number of hydrogen-bond acceptors (Lipinski definition) is 4. The number of carbonyl (C=O) groups is 1. The van der Waals surface area contributed by atoms with Crippen molar-refractivity contribution in [3.8, 4) is 5.75 Å². The van der Waals surface area contributed by atoms with Gasteiger partial charge in [0.1, 0.15) is 5.75 Å². The fourth-order valence-corrected chi connectivity index (χ4v) is 4.45. The molecule has 116 valence electrons. The van der Waals surface area contributed by atoms with Gasteiger partial charge in [0.2, 0.25) is 10.0 Å². The molecule has 1 N–H and O–H groups in total. The number of carboxylic acid groups (broad SMARTS) is 1. The van der Waals surface area contributed by atoms with Gasteiger partial charge in [-0.15, -0.1) is 0 Å². The Balaban J connectivity index is 2.23. The van der Waals surface area contributed by atoms with Crippen molar-refractivity contribution in [2.24, 2.45) is 5.92 Å². The van der Waals surface area contributed by atoms with Crippen LogP contribution in [0, 0.1) is 5.92 Å². The predicted molar refractivity (Wildman–Crippen MR) is 79.8 cm³/mol. The van der Waals surface area contributed by atoms with E-state index in [9.17, 15) is 13.2 Å². The second kappa shape index (κ2) is 6.33. The molecule has 0 aliphatic carbocycles. The molecule has 1 aromatic rings. The van der Waals surface area contributed by atoms with E-state index in [-0.39, 0.29) is 18.0 Å². The van der Waals surface area contributed by atoms with Crippen LogP contribution in [-0.4, -0.2) is 44.0 Å². The van der Waals surface area contributed by atoms with Crippen LogP contribution in [0.1, 0.15) is 12.8 Å². The van der Waals surface area contributed by atoms with Gasteiger partial charge in [-0.05, 0) is 25.0 Å². The van der Waals surface area contributed by atoms with Crippen molar-refractivity contribution in [2.75, 3.05) is 20.2 Å². The van der Waals surface area contributed by atoms with Crippen molar-refractivity contribution < 1.29 is 23.1 Å². The lowest BCUT2D eigenvalue weighted by Crippen LogP contribution is -2.40. The monoisotopic (exact) mass is 377 g/mol. The van der Waals surface area contributed by atoms with Crippen molar-refractivity contribution in [1.82, 2.24) is 4.31 Å². The summed E-state index contributed by atoms with van der Waals surface area (Å²) in [6, 6.07) is 4.65. The summed E-state index contributed by atoms with van der Waals surface area (Å²) in [5, 5.41) is 8.96. The van der Waals surface area contributed by atoms with Gasteiger partial charge in [-0.1, -0.05) is 15.9 Å². The number of benzene rings is 1. The molecule has 1 aromatic carbocycles. The number of halogens is 1. The fourth-order valence-electron chi connectivity index (χ4n) is 2.30. The first-order valence-electron chi connectivity index (χ1n) is 6.42. The summed E-state index contributed by atoms with van der Waals surface area (Å²) in [4.78, 5) is 11.1. The highest BCUT2D eigenvalue weighted by Gasteiger charge is 2.32. The summed E-state index contributed by atoms with van der Waals surface area (Å²) in [5.41, 5.74) is 0. The van der Waals surface area contributed by atoms with E-state index in [1.54, 1.807) is 6.07 Å². The van der Waals surface area contributed by atoms with Crippen LogP contribution in [0.2, 0.25) is 0 Å². The third-order valence-electron chi connectivity index (χ3n) is 3.52. The molecule has 0 spiro atoms. The molecule has 8 heteroatoms. The summed E-state index contributed by atoms with van der Waals surface area (Å²) in [7, 11) is -2.17. The maximum Gasteiger partial charge on any atom is 0.306 e. The fraction of sp³-hybridized carbons (Fsp3) is 0.462. The van der Waals surface area contributed by atoms with Crippen molar-refractivity contribution in [3.63, 3.8) is 0 Å². The molecule has 0 radical (unpaired) electrons. The minimum Gasteiger partial charge on any atom is -0.497 e. The second-order valence-corrected chi connectivity index (χ2v) is 7.70. The Kier molecular flexibility index (Phi) is 4.90. The van der Waals surface area contributed by atoms with Gasteiger partial charge in [0.15, 0.2) is 0 Å². The van der Waals surface area contributed by atoms with E-state index in [2.05, 4.69) is 15.9 Å². The van der Waals surface area contributed by atoms with Gasteiger partial charge in [0.25, 0.3) is 0 Å².